The normalized spacial score (nSPS) is 10.5. The van der Waals surface area contributed by atoms with E-state index < -0.39 is 18.2 Å². The maximum Gasteiger partial charge on any atom is 0.317 e. The van der Waals surface area contributed by atoms with Crippen LogP contribution in [0.15, 0.2) is 34.9 Å². The van der Waals surface area contributed by atoms with Gasteiger partial charge in [-0.2, -0.15) is 8.78 Å². The number of benzene rings is 1. The number of aromatic nitrogens is 1. The van der Waals surface area contributed by atoms with Crippen molar-refractivity contribution in [3.63, 3.8) is 0 Å². The first-order valence-corrected chi connectivity index (χ1v) is 7.05. The highest BCUT2D eigenvalue weighted by atomic mass is 35.5. The summed E-state index contributed by atoms with van der Waals surface area (Å²) in [6.07, 6.45) is -3.23. The Kier molecular flexibility index (Phi) is 5.69. The number of anilines is 1. The molecule has 2 amide bonds. The van der Waals surface area contributed by atoms with Crippen LogP contribution in [0, 0.1) is 0 Å². The SMILES string of the molecule is CN(Cc1cc(C(=O)NNC(=O)C(F)F)on1)c1cccc(Cl)c1. The number of amides is 2. The number of carbonyl (C=O) groups is 2. The zero-order valence-electron chi connectivity index (χ0n) is 12.4. The van der Waals surface area contributed by atoms with Gasteiger partial charge >= 0.3 is 18.2 Å². The number of hydrazine groups is 1. The van der Waals surface area contributed by atoms with Crippen molar-refractivity contribution in [1.82, 2.24) is 16.0 Å². The van der Waals surface area contributed by atoms with Gasteiger partial charge in [0, 0.05) is 23.8 Å². The van der Waals surface area contributed by atoms with Crippen LogP contribution in [0.25, 0.3) is 0 Å². The molecule has 0 saturated heterocycles. The van der Waals surface area contributed by atoms with E-state index in [1.807, 2.05) is 11.0 Å². The molecule has 0 aliphatic heterocycles. The number of carbonyl (C=O) groups excluding carboxylic acids is 2. The van der Waals surface area contributed by atoms with Gasteiger partial charge in [-0.05, 0) is 18.2 Å². The third-order valence-electron chi connectivity index (χ3n) is 2.93. The summed E-state index contributed by atoms with van der Waals surface area (Å²) < 4.78 is 28.8. The molecular weight excluding hydrogens is 346 g/mol. The molecule has 10 heteroatoms. The summed E-state index contributed by atoms with van der Waals surface area (Å²) in [4.78, 5) is 24.1. The molecule has 0 spiro atoms. The van der Waals surface area contributed by atoms with Crippen LogP contribution in [-0.2, 0) is 11.3 Å². The van der Waals surface area contributed by atoms with Crippen LogP contribution in [0.5, 0.6) is 0 Å². The standard InChI is InChI=1S/C14H13ClF2N4O3/c1-21(10-4-2-3-8(15)5-10)7-9-6-11(24-20-9)13(22)18-19-14(23)12(16)17/h2-6,12H,7H2,1H3,(H,18,22)(H,19,23). The van der Waals surface area contributed by atoms with Crippen molar-refractivity contribution in [2.24, 2.45) is 0 Å². The molecule has 0 fully saturated rings. The lowest BCUT2D eigenvalue weighted by molar-refractivity contribution is -0.132. The van der Waals surface area contributed by atoms with Gasteiger partial charge in [-0.25, -0.2) is 0 Å². The Morgan fingerprint density at radius 3 is 2.75 bits per heavy atom. The van der Waals surface area contributed by atoms with Gasteiger partial charge in [0.25, 0.3) is 0 Å². The van der Waals surface area contributed by atoms with E-state index in [0.717, 1.165) is 5.69 Å². The molecule has 0 unspecified atom stereocenters. The highest BCUT2D eigenvalue weighted by molar-refractivity contribution is 6.30. The summed E-state index contributed by atoms with van der Waals surface area (Å²) in [6.45, 7) is 0.320. The van der Waals surface area contributed by atoms with E-state index in [1.54, 1.807) is 36.1 Å². The Bertz CT molecular complexity index is 738. The van der Waals surface area contributed by atoms with Crippen molar-refractivity contribution in [2.45, 2.75) is 13.0 Å². The van der Waals surface area contributed by atoms with Gasteiger partial charge in [0.15, 0.2) is 0 Å². The number of nitrogens with zero attached hydrogens (tertiary/aromatic N) is 2. The maximum atomic E-state index is 12.0. The first kappa shape index (κ1) is 17.7. The molecule has 128 valence electrons. The van der Waals surface area contributed by atoms with Crippen LogP contribution in [0.1, 0.15) is 16.2 Å². The Morgan fingerprint density at radius 1 is 1.33 bits per heavy atom. The van der Waals surface area contributed by atoms with Crippen molar-refractivity contribution in [3.8, 4) is 0 Å². The van der Waals surface area contributed by atoms with Crippen molar-refractivity contribution >= 4 is 29.1 Å². The molecule has 7 nitrogen and oxygen atoms in total. The Labute approximate surface area is 140 Å². The molecule has 24 heavy (non-hydrogen) atoms. The fraction of sp³-hybridized carbons (Fsp3) is 0.214. The van der Waals surface area contributed by atoms with Crippen LogP contribution >= 0.6 is 11.6 Å². The third kappa shape index (κ3) is 4.66. The molecule has 2 rings (SSSR count). The topological polar surface area (TPSA) is 87.5 Å². The van der Waals surface area contributed by atoms with Gasteiger partial charge in [0.05, 0.1) is 6.54 Å². The van der Waals surface area contributed by atoms with Crippen molar-refractivity contribution in [2.75, 3.05) is 11.9 Å². The summed E-state index contributed by atoms with van der Waals surface area (Å²) in [5.74, 6) is -2.74. The number of alkyl halides is 2. The lowest BCUT2D eigenvalue weighted by atomic mass is 10.2. The van der Waals surface area contributed by atoms with Gasteiger partial charge in [0.1, 0.15) is 5.69 Å². The summed E-state index contributed by atoms with van der Waals surface area (Å²) in [6, 6.07) is 8.48. The van der Waals surface area contributed by atoms with Crippen LogP contribution in [-0.4, -0.2) is 30.4 Å². The highest BCUT2D eigenvalue weighted by Gasteiger charge is 2.18. The first-order valence-electron chi connectivity index (χ1n) is 6.67. The highest BCUT2D eigenvalue weighted by Crippen LogP contribution is 2.20. The zero-order chi connectivity index (χ0) is 17.7. The molecule has 0 radical (unpaired) electrons. The number of halogens is 3. The molecule has 0 aliphatic carbocycles. The second-order valence-electron chi connectivity index (χ2n) is 4.76. The van der Waals surface area contributed by atoms with Gasteiger partial charge in [-0.15, -0.1) is 0 Å². The minimum Gasteiger partial charge on any atom is -0.369 e. The van der Waals surface area contributed by atoms with E-state index in [0.29, 0.717) is 17.3 Å². The lowest BCUT2D eigenvalue weighted by Crippen LogP contribution is -2.44. The molecule has 0 bridgehead atoms. The Balaban J connectivity index is 1.95. The van der Waals surface area contributed by atoms with Gasteiger partial charge in [-0.3, -0.25) is 20.4 Å². The summed E-state index contributed by atoms with van der Waals surface area (Å²) >= 11 is 5.92. The van der Waals surface area contributed by atoms with Gasteiger partial charge in [0.2, 0.25) is 5.76 Å². The predicted octanol–water partition coefficient (Wildman–Crippen LogP) is 1.99. The average Bonchev–Trinajstić information content (AvgIpc) is 3.00. The van der Waals surface area contributed by atoms with Crippen LogP contribution in [0.2, 0.25) is 5.02 Å². The van der Waals surface area contributed by atoms with Gasteiger partial charge < -0.3 is 9.42 Å². The quantitative estimate of drug-likeness (QED) is 0.798. The minimum absolute atomic E-state index is 0.223. The molecular formula is C14H13ClF2N4O3. The van der Waals surface area contributed by atoms with Crippen molar-refractivity contribution in [3.05, 3.63) is 46.8 Å². The number of hydrogen-bond acceptors (Lipinski definition) is 5. The van der Waals surface area contributed by atoms with E-state index in [4.69, 9.17) is 16.1 Å². The number of hydrogen-bond donors (Lipinski definition) is 2. The van der Waals surface area contributed by atoms with Crippen molar-refractivity contribution in [1.29, 1.82) is 0 Å². The summed E-state index contributed by atoms with van der Waals surface area (Å²) in [5, 5.41) is 4.29. The van der Waals surface area contributed by atoms with Crippen LogP contribution in [0.4, 0.5) is 14.5 Å². The molecule has 0 atom stereocenters. The fourth-order valence-electron chi connectivity index (χ4n) is 1.78. The Morgan fingerprint density at radius 2 is 2.08 bits per heavy atom. The summed E-state index contributed by atoms with van der Waals surface area (Å²) in [7, 11) is 1.79. The fourth-order valence-corrected chi connectivity index (χ4v) is 1.96. The third-order valence-corrected chi connectivity index (χ3v) is 3.16. The largest absolute Gasteiger partial charge is 0.369 e. The second kappa shape index (κ2) is 7.73. The first-order chi connectivity index (χ1) is 11.4. The molecule has 1 aromatic carbocycles. The lowest BCUT2D eigenvalue weighted by Gasteiger charge is -2.17. The van der Waals surface area contributed by atoms with E-state index in [9.17, 15) is 18.4 Å². The van der Waals surface area contributed by atoms with E-state index >= 15 is 0 Å². The second-order valence-corrected chi connectivity index (χ2v) is 5.20. The monoisotopic (exact) mass is 358 g/mol. The average molecular weight is 359 g/mol. The van der Waals surface area contributed by atoms with Crippen molar-refractivity contribution < 1.29 is 22.9 Å². The van der Waals surface area contributed by atoms with E-state index in [-0.39, 0.29) is 5.76 Å². The minimum atomic E-state index is -3.23. The van der Waals surface area contributed by atoms with Gasteiger partial charge in [-0.1, -0.05) is 22.8 Å². The maximum absolute atomic E-state index is 12.0. The molecule has 1 aromatic heterocycles. The van der Waals surface area contributed by atoms with Crippen LogP contribution in [0.3, 0.4) is 0 Å². The smallest absolute Gasteiger partial charge is 0.317 e. The zero-order valence-corrected chi connectivity index (χ0v) is 13.2. The van der Waals surface area contributed by atoms with E-state index in [1.165, 1.54) is 6.07 Å². The number of nitrogens with one attached hydrogen (secondary N) is 2. The Hall–Kier alpha value is -2.68. The van der Waals surface area contributed by atoms with E-state index in [2.05, 4.69) is 5.16 Å². The molecule has 0 aliphatic rings. The predicted molar refractivity (Wildman–Crippen MR) is 81.7 cm³/mol. The number of rotatable bonds is 5. The van der Waals surface area contributed by atoms with Crippen LogP contribution < -0.4 is 15.8 Å². The molecule has 2 N–H and O–H groups in total. The summed E-state index contributed by atoms with van der Waals surface area (Å²) in [5.41, 5.74) is 4.63. The molecule has 1 heterocycles. The molecule has 2 aromatic rings. The molecule has 0 saturated carbocycles.